The van der Waals surface area contributed by atoms with Crippen molar-refractivity contribution in [2.75, 3.05) is 17.1 Å². The van der Waals surface area contributed by atoms with Crippen LogP contribution in [0, 0.1) is 12.8 Å². The first-order valence-corrected chi connectivity index (χ1v) is 9.96. The van der Waals surface area contributed by atoms with Crippen LogP contribution in [-0.4, -0.2) is 21.4 Å². The van der Waals surface area contributed by atoms with Crippen LogP contribution in [0.2, 0.25) is 0 Å². The third kappa shape index (κ3) is 3.83. The first-order valence-electron chi connectivity index (χ1n) is 8.48. The Morgan fingerprint density at radius 1 is 1.12 bits per heavy atom. The molecule has 0 saturated heterocycles. The zero-order valence-electron chi connectivity index (χ0n) is 14.8. The van der Waals surface area contributed by atoms with E-state index in [2.05, 4.69) is 10.0 Å². The minimum Gasteiger partial charge on any atom is -0.495 e. The smallest absolute Gasteiger partial charge is 0.262 e. The van der Waals surface area contributed by atoms with Gasteiger partial charge in [0.15, 0.2) is 0 Å². The number of aryl methyl sites for hydroxylation is 1. The highest BCUT2D eigenvalue weighted by atomic mass is 32.2. The zero-order valence-corrected chi connectivity index (χ0v) is 15.6. The number of sulfonamides is 1. The molecule has 2 aromatic carbocycles. The van der Waals surface area contributed by atoms with Gasteiger partial charge in [0.25, 0.3) is 10.0 Å². The highest BCUT2D eigenvalue weighted by molar-refractivity contribution is 7.92. The third-order valence-electron chi connectivity index (χ3n) is 4.60. The summed E-state index contributed by atoms with van der Waals surface area (Å²) in [7, 11) is -2.33. The van der Waals surface area contributed by atoms with Gasteiger partial charge < -0.3 is 10.1 Å². The molecule has 1 amide bonds. The fourth-order valence-corrected chi connectivity index (χ4v) is 3.84. The van der Waals surface area contributed by atoms with E-state index in [1.54, 1.807) is 30.3 Å². The van der Waals surface area contributed by atoms with Crippen LogP contribution >= 0.6 is 0 Å². The molecule has 2 N–H and O–H groups in total. The van der Waals surface area contributed by atoms with Crippen molar-refractivity contribution >= 4 is 27.3 Å². The molecule has 0 atom stereocenters. The molecule has 1 aliphatic rings. The Morgan fingerprint density at radius 3 is 2.50 bits per heavy atom. The lowest BCUT2D eigenvalue weighted by Gasteiger charge is -2.24. The number of nitrogens with one attached hydrogen (secondary N) is 2. The molecule has 0 bridgehead atoms. The second-order valence-corrected chi connectivity index (χ2v) is 8.08. The van der Waals surface area contributed by atoms with E-state index in [-0.39, 0.29) is 16.7 Å². The van der Waals surface area contributed by atoms with E-state index in [0.717, 1.165) is 24.8 Å². The highest BCUT2D eigenvalue weighted by Gasteiger charge is 2.26. The Morgan fingerprint density at radius 2 is 1.85 bits per heavy atom. The summed E-state index contributed by atoms with van der Waals surface area (Å²) in [6.45, 7) is 1.83. The predicted octanol–water partition coefficient (Wildman–Crippen LogP) is 3.54. The quantitative estimate of drug-likeness (QED) is 0.810. The number of rotatable bonds is 6. The first kappa shape index (κ1) is 18.3. The average molecular weight is 374 g/mol. The molecule has 0 spiro atoms. The average Bonchev–Trinajstić information content (AvgIpc) is 2.55. The van der Waals surface area contributed by atoms with E-state index in [4.69, 9.17) is 4.74 Å². The molecule has 6 nitrogen and oxygen atoms in total. The van der Waals surface area contributed by atoms with E-state index in [1.807, 2.05) is 6.92 Å². The second kappa shape index (κ2) is 7.37. The third-order valence-corrected chi connectivity index (χ3v) is 5.97. The molecular weight excluding hydrogens is 352 g/mol. The number of ether oxygens (including phenoxy) is 1. The SMILES string of the molecule is COc1ccccc1NS(=O)(=O)c1ccc(C)c(NC(=O)C2CCC2)c1. The van der Waals surface area contributed by atoms with Gasteiger partial charge in [0.1, 0.15) is 5.75 Å². The van der Waals surface area contributed by atoms with Gasteiger partial charge in [-0.15, -0.1) is 0 Å². The summed E-state index contributed by atoms with van der Waals surface area (Å²) in [5, 5.41) is 2.86. The fourth-order valence-electron chi connectivity index (χ4n) is 2.74. The molecule has 0 heterocycles. The molecule has 7 heteroatoms. The van der Waals surface area contributed by atoms with Gasteiger partial charge in [-0.05, 0) is 49.6 Å². The van der Waals surface area contributed by atoms with Crippen molar-refractivity contribution in [1.29, 1.82) is 0 Å². The van der Waals surface area contributed by atoms with Crippen molar-refractivity contribution in [1.82, 2.24) is 0 Å². The summed E-state index contributed by atoms with van der Waals surface area (Å²) >= 11 is 0. The summed E-state index contributed by atoms with van der Waals surface area (Å²) in [6.07, 6.45) is 2.84. The van der Waals surface area contributed by atoms with Crippen LogP contribution in [-0.2, 0) is 14.8 Å². The van der Waals surface area contributed by atoms with Crippen LogP contribution in [0.5, 0.6) is 5.75 Å². The Kier molecular flexibility index (Phi) is 5.18. The number of anilines is 2. The molecule has 1 aliphatic carbocycles. The minimum atomic E-state index is -3.81. The van der Waals surface area contributed by atoms with Crippen LogP contribution in [0.1, 0.15) is 24.8 Å². The molecule has 0 radical (unpaired) electrons. The standard InChI is InChI=1S/C19H22N2O4S/c1-13-10-11-15(12-17(13)20-19(22)14-6-5-7-14)26(23,24)21-16-8-3-4-9-18(16)25-2/h3-4,8-12,14,21H,5-7H2,1-2H3,(H,20,22). The summed E-state index contributed by atoms with van der Waals surface area (Å²) < 4.78 is 33.2. The predicted molar refractivity (Wildman–Crippen MR) is 101 cm³/mol. The van der Waals surface area contributed by atoms with Gasteiger partial charge in [0.2, 0.25) is 5.91 Å². The van der Waals surface area contributed by atoms with Gasteiger partial charge in [-0.25, -0.2) is 8.42 Å². The van der Waals surface area contributed by atoms with Gasteiger partial charge in [0, 0.05) is 11.6 Å². The summed E-state index contributed by atoms with van der Waals surface area (Å²) in [4.78, 5) is 12.3. The largest absolute Gasteiger partial charge is 0.495 e. The van der Waals surface area contributed by atoms with Gasteiger partial charge in [-0.3, -0.25) is 9.52 Å². The molecule has 0 aromatic heterocycles. The normalized spacial score (nSPS) is 14.4. The van der Waals surface area contributed by atoms with Crippen molar-refractivity contribution in [3.8, 4) is 5.75 Å². The maximum absolute atomic E-state index is 12.7. The van der Waals surface area contributed by atoms with Crippen molar-refractivity contribution in [3.05, 3.63) is 48.0 Å². The first-order chi connectivity index (χ1) is 12.4. The molecule has 2 aromatic rings. The van der Waals surface area contributed by atoms with E-state index in [9.17, 15) is 13.2 Å². The van der Waals surface area contributed by atoms with Crippen LogP contribution < -0.4 is 14.8 Å². The summed E-state index contributed by atoms with van der Waals surface area (Å²) in [6, 6.07) is 11.5. The zero-order chi connectivity index (χ0) is 18.7. The van der Waals surface area contributed by atoms with Crippen LogP contribution in [0.15, 0.2) is 47.4 Å². The molecule has 138 valence electrons. The number of hydrogen-bond donors (Lipinski definition) is 2. The topological polar surface area (TPSA) is 84.5 Å². The van der Waals surface area contributed by atoms with E-state index in [0.29, 0.717) is 17.1 Å². The summed E-state index contributed by atoms with van der Waals surface area (Å²) in [5.41, 5.74) is 1.69. The molecule has 0 unspecified atom stereocenters. The molecule has 3 rings (SSSR count). The fraction of sp³-hybridized carbons (Fsp3) is 0.316. The number of carbonyl (C=O) groups is 1. The minimum absolute atomic E-state index is 0.0290. The molecular formula is C19H22N2O4S. The summed E-state index contributed by atoms with van der Waals surface area (Å²) in [5.74, 6) is 0.412. The lowest BCUT2D eigenvalue weighted by Crippen LogP contribution is -2.28. The van der Waals surface area contributed by atoms with Crippen LogP contribution in [0.25, 0.3) is 0 Å². The maximum Gasteiger partial charge on any atom is 0.262 e. The molecule has 0 aliphatic heterocycles. The van der Waals surface area contributed by atoms with Crippen molar-refractivity contribution in [2.24, 2.45) is 5.92 Å². The Labute approximate surface area is 153 Å². The lowest BCUT2D eigenvalue weighted by molar-refractivity contribution is -0.122. The molecule has 26 heavy (non-hydrogen) atoms. The van der Waals surface area contributed by atoms with Gasteiger partial charge in [-0.2, -0.15) is 0 Å². The van der Waals surface area contributed by atoms with E-state index >= 15 is 0 Å². The monoisotopic (exact) mass is 374 g/mol. The maximum atomic E-state index is 12.7. The van der Waals surface area contributed by atoms with Gasteiger partial charge in [0.05, 0.1) is 17.7 Å². The Bertz CT molecular complexity index is 921. The van der Waals surface area contributed by atoms with Crippen molar-refractivity contribution in [2.45, 2.75) is 31.1 Å². The Balaban J connectivity index is 1.85. The number of para-hydroxylation sites is 2. The highest BCUT2D eigenvalue weighted by Crippen LogP contribution is 2.30. The number of hydrogen-bond acceptors (Lipinski definition) is 4. The number of methoxy groups -OCH3 is 1. The Hall–Kier alpha value is -2.54. The van der Waals surface area contributed by atoms with Gasteiger partial charge >= 0.3 is 0 Å². The number of carbonyl (C=O) groups excluding carboxylic acids is 1. The lowest BCUT2D eigenvalue weighted by atomic mass is 9.85. The van der Waals surface area contributed by atoms with Crippen LogP contribution in [0.3, 0.4) is 0 Å². The second-order valence-electron chi connectivity index (χ2n) is 6.40. The van der Waals surface area contributed by atoms with E-state index < -0.39 is 10.0 Å². The van der Waals surface area contributed by atoms with Gasteiger partial charge in [-0.1, -0.05) is 24.6 Å². The molecule has 1 fully saturated rings. The van der Waals surface area contributed by atoms with Crippen molar-refractivity contribution in [3.63, 3.8) is 0 Å². The number of benzene rings is 2. The van der Waals surface area contributed by atoms with Crippen LogP contribution in [0.4, 0.5) is 11.4 Å². The van der Waals surface area contributed by atoms with Crippen molar-refractivity contribution < 1.29 is 17.9 Å². The molecule has 1 saturated carbocycles. The number of amides is 1. The van der Waals surface area contributed by atoms with E-state index in [1.165, 1.54) is 19.2 Å².